The first-order chi connectivity index (χ1) is 12.5. The van der Waals surface area contributed by atoms with Crippen LogP contribution >= 0.6 is 23.2 Å². The van der Waals surface area contributed by atoms with E-state index in [1.165, 1.54) is 6.20 Å². The molecule has 7 heteroatoms. The highest BCUT2D eigenvalue weighted by molar-refractivity contribution is 6.44. The van der Waals surface area contributed by atoms with Crippen LogP contribution in [0, 0.1) is 11.3 Å². The summed E-state index contributed by atoms with van der Waals surface area (Å²) in [5.74, 6) is 0.235. The van der Waals surface area contributed by atoms with Gasteiger partial charge >= 0.3 is 0 Å². The normalized spacial score (nSPS) is 10.8. The summed E-state index contributed by atoms with van der Waals surface area (Å²) < 4.78 is 5.11. The van der Waals surface area contributed by atoms with E-state index >= 15 is 0 Å². The van der Waals surface area contributed by atoms with Crippen molar-refractivity contribution in [2.75, 3.05) is 19.0 Å². The van der Waals surface area contributed by atoms with Gasteiger partial charge in [-0.3, -0.25) is 4.79 Å². The molecule has 0 aliphatic heterocycles. The molecule has 2 rings (SSSR count). The fraction of sp³-hybridized carbons (Fsp3) is 0.158. The molecule has 0 bridgehead atoms. The first kappa shape index (κ1) is 19.6. The Bertz CT molecular complexity index is 843. The molecule has 0 fully saturated rings. The van der Waals surface area contributed by atoms with Gasteiger partial charge in [0.15, 0.2) is 0 Å². The Hall–Kier alpha value is -2.68. The minimum Gasteiger partial charge on any atom is -0.497 e. The summed E-state index contributed by atoms with van der Waals surface area (Å²) in [5.41, 5.74) is 1.40. The molecule has 2 aromatic carbocycles. The van der Waals surface area contributed by atoms with Crippen LogP contribution in [-0.4, -0.2) is 19.6 Å². The van der Waals surface area contributed by atoms with Crippen molar-refractivity contribution in [3.8, 4) is 11.8 Å². The van der Waals surface area contributed by atoms with Gasteiger partial charge in [-0.1, -0.05) is 41.4 Å². The van der Waals surface area contributed by atoms with Crippen molar-refractivity contribution >= 4 is 34.8 Å². The molecule has 0 saturated heterocycles. The monoisotopic (exact) mass is 389 g/mol. The second kappa shape index (κ2) is 9.71. The lowest BCUT2D eigenvalue weighted by atomic mass is 10.1. The van der Waals surface area contributed by atoms with E-state index in [0.717, 1.165) is 17.7 Å². The number of halogens is 2. The third-order valence-electron chi connectivity index (χ3n) is 3.53. The van der Waals surface area contributed by atoms with Crippen molar-refractivity contribution in [3.63, 3.8) is 0 Å². The van der Waals surface area contributed by atoms with Gasteiger partial charge in [0.25, 0.3) is 5.91 Å². The molecule has 0 unspecified atom stereocenters. The molecule has 5 nitrogen and oxygen atoms in total. The Balaban J connectivity index is 1.91. The van der Waals surface area contributed by atoms with Crippen molar-refractivity contribution in [1.29, 1.82) is 5.26 Å². The van der Waals surface area contributed by atoms with Crippen LogP contribution in [0.4, 0.5) is 5.69 Å². The molecule has 0 aliphatic carbocycles. The van der Waals surface area contributed by atoms with E-state index in [4.69, 9.17) is 27.9 Å². The maximum atomic E-state index is 12.2. The minimum absolute atomic E-state index is 0.0595. The number of carbonyl (C=O) groups is 1. The number of hydrogen-bond acceptors (Lipinski definition) is 4. The number of ether oxygens (including phenoxy) is 1. The van der Waals surface area contributed by atoms with E-state index in [0.29, 0.717) is 17.3 Å². The van der Waals surface area contributed by atoms with Crippen molar-refractivity contribution in [3.05, 3.63) is 69.8 Å². The molecular weight excluding hydrogens is 373 g/mol. The fourth-order valence-electron chi connectivity index (χ4n) is 2.12. The average Bonchev–Trinajstić information content (AvgIpc) is 2.66. The smallest absolute Gasteiger partial charge is 0.267 e. The predicted octanol–water partition coefficient (Wildman–Crippen LogP) is 4.18. The van der Waals surface area contributed by atoms with Gasteiger partial charge in [0.2, 0.25) is 0 Å². The third-order valence-corrected chi connectivity index (χ3v) is 4.35. The topological polar surface area (TPSA) is 74.1 Å². The standard InChI is InChI=1S/C19H17Cl2N3O2/c1-26-15-7-5-13(6-8-15)9-10-23-12-14(11-22)19(25)24-17-4-2-3-16(20)18(17)21/h2-8,12,23H,9-10H2,1H3,(H,24,25)/b14-12-. The summed E-state index contributed by atoms with van der Waals surface area (Å²) in [6.07, 6.45) is 2.12. The van der Waals surface area contributed by atoms with Gasteiger partial charge in [0, 0.05) is 12.7 Å². The van der Waals surface area contributed by atoms with E-state index in [-0.39, 0.29) is 10.6 Å². The first-order valence-electron chi connectivity index (χ1n) is 7.77. The van der Waals surface area contributed by atoms with Crippen LogP contribution in [0.2, 0.25) is 10.0 Å². The highest BCUT2D eigenvalue weighted by atomic mass is 35.5. The van der Waals surface area contributed by atoms with Gasteiger partial charge < -0.3 is 15.4 Å². The number of benzene rings is 2. The van der Waals surface area contributed by atoms with Gasteiger partial charge in [-0.25, -0.2) is 0 Å². The summed E-state index contributed by atoms with van der Waals surface area (Å²) in [7, 11) is 1.62. The summed E-state index contributed by atoms with van der Waals surface area (Å²) in [4.78, 5) is 12.2. The Morgan fingerprint density at radius 2 is 1.96 bits per heavy atom. The van der Waals surface area contributed by atoms with Crippen molar-refractivity contribution in [2.24, 2.45) is 0 Å². The number of nitrogens with one attached hydrogen (secondary N) is 2. The Morgan fingerprint density at radius 1 is 1.23 bits per heavy atom. The van der Waals surface area contributed by atoms with Gasteiger partial charge in [-0.2, -0.15) is 5.26 Å². The van der Waals surface area contributed by atoms with Crippen molar-refractivity contribution in [1.82, 2.24) is 5.32 Å². The second-order valence-corrected chi connectivity index (χ2v) is 6.06. The average molecular weight is 390 g/mol. The molecule has 0 radical (unpaired) electrons. The maximum absolute atomic E-state index is 12.2. The number of nitrogens with zero attached hydrogens (tertiary/aromatic N) is 1. The summed E-state index contributed by atoms with van der Waals surface area (Å²) >= 11 is 11.9. The molecule has 0 aliphatic rings. The molecular formula is C19H17Cl2N3O2. The van der Waals surface area contributed by atoms with E-state index in [1.54, 1.807) is 25.3 Å². The van der Waals surface area contributed by atoms with Gasteiger partial charge in [0.1, 0.15) is 17.4 Å². The van der Waals surface area contributed by atoms with Crippen LogP contribution in [0.5, 0.6) is 5.75 Å². The summed E-state index contributed by atoms with van der Waals surface area (Å²) in [5, 5.41) is 15.3. The van der Waals surface area contributed by atoms with Crippen molar-refractivity contribution < 1.29 is 9.53 Å². The number of hydrogen-bond donors (Lipinski definition) is 2. The van der Waals surface area contributed by atoms with E-state index in [2.05, 4.69) is 10.6 Å². The molecule has 0 spiro atoms. The van der Waals surface area contributed by atoms with Crippen LogP contribution in [0.25, 0.3) is 0 Å². The van der Waals surface area contributed by atoms with Crippen LogP contribution in [-0.2, 0) is 11.2 Å². The number of anilines is 1. The van der Waals surface area contributed by atoms with E-state index in [9.17, 15) is 10.1 Å². The van der Waals surface area contributed by atoms with Crippen LogP contribution in [0.1, 0.15) is 5.56 Å². The predicted molar refractivity (Wildman–Crippen MR) is 103 cm³/mol. The highest BCUT2D eigenvalue weighted by Crippen LogP contribution is 2.29. The molecule has 0 atom stereocenters. The molecule has 2 N–H and O–H groups in total. The zero-order valence-corrected chi connectivity index (χ0v) is 15.6. The quantitative estimate of drug-likeness (QED) is 0.423. The number of methoxy groups -OCH3 is 1. The SMILES string of the molecule is COc1ccc(CCN/C=C(/C#N)C(=O)Nc2cccc(Cl)c2Cl)cc1. The third kappa shape index (κ3) is 5.41. The van der Waals surface area contributed by atoms with Gasteiger partial charge in [-0.15, -0.1) is 0 Å². The Morgan fingerprint density at radius 3 is 2.62 bits per heavy atom. The van der Waals surface area contributed by atoms with Gasteiger partial charge in [-0.05, 0) is 36.2 Å². The minimum atomic E-state index is -0.561. The van der Waals surface area contributed by atoms with Crippen LogP contribution in [0.3, 0.4) is 0 Å². The molecule has 0 aromatic heterocycles. The lowest BCUT2D eigenvalue weighted by molar-refractivity contribution is -0.112. The lowest BCUT2D eigenvalue weighted by Crippen LogP contribution is -2.18. The summed E-state index contributed by atoms with van der Waals surface area (Å²) in [6, 6.07) is 14.4. The fourth-order valence-corrected chi connectivity index (χ4v) is 2.47. The van der Waals surface area contributed by atoms with Crippen LogP contribution in [0.15, 0.2) is 54.2 Å². The molecule has 0 heterocycles. The largest absolute Gasteiger partial charge is 0.497 e. The number of nitriles is 1. The zero-order valence-electron chi connectivity index (χ0n) is 14.1. The molecule has 0 saturated carbocycles. The highest BCUT2D eigenvalue weighted by Gasteiger charge is 2.12. The van der Waals surface area contributed by atoms with Crippen LogP contribution < -0.4 is 15.4 Å². The van der Waals surface area contributed by atoms with Crippen molar-refractivity contribution in [2.45, 2.75) is 6.42 Å². The Labute approximate surface area is 162 Å². The lowest BCUT2D eigenvalue weighted by Gasteiger charge is -2.08. The van der Waals surface area contributed by atoms with E-state index < -0.39 is 5.91 Å². The van der Waals surface area contributed by atoms with E-state index in [1.807, 2.05) is 30.3 Å². The molecule has 26 heavy (non-hydrogen) atoms. The number of rotatable bonds is 7. The first-order valence-corrected chi connectivity index (χ1v) is 8.52. The molecule has 1 amide bonds. The number of carbonyl (C=O) groups excluding carboxylic acids is 1. The van der Waals surface area contributed by atoms with Gasteiger partial charge in [0.05, 0.1) is 22.8 Å². The summed E-state index contributed by atoms with van der Waals surface area (Å²) in [6.45, 7) is 0.572. The number of amides is 1. The maximum Gasteiger partial charge on any atom is 0.267 e. The molecule has 134 valence electrons. The Kier molecular flexibility index (Phi) is 7.34. The molecule has 2 aromatic rings. The zero-order chi connectivity index (χ0) is 18.9. The second-order valence-electron chi connectivity index (χ2n) is 5.28.